The molecule has 1 aromatic carbocycles. The zero-order chi connectivity index (χ0) is 11.4. The molecule has 2 rings (SSSR count). The van der Waals surface area contributed by atoms with Crippen molar-refractivity contribution in [3.63, 3.8) is 0 Å². The summed E-state index contributed by atoms with van der Waals surface area (Å²) < 4.78 is 0.971. The van der Waals surface area contributed by atoms with Gasteiger partial charge in [-0.05, 0) is 44.0 Å². The summed E-state index contributed by atoms with van der Waals surface area (Å²) in [7, 11) is 1.86. The van der Waals surface area contributed by atoms with Crippen LogP contribution in [0.2, 0.25) is 0 Å². The average Bonchev–Trinajstić information content (AvgIpc) is 2.27. The van der Waals surface area contributed by atoms with Crippen LogP contribution in [0.3, 0.4) is 0 Å². The largest absolute Gasteiger partial charge is 0.332 e. The standard InChI is InChI=1S/C12H14BrNO/c1-7-5-8(13)6-9-10(7)12(2,3)14(4)11(9)15/h5-6H,1-4H3. The number of rotatable bonds is 0. The Balaban J connectivity index is 2.77. The van der Waals surface area contributed by atoms with Crippen molar-refractivity contribution in [1.82, 2.24) is 4.90 Å². The second-order valence-corrected chi connectivity index (χ2v) is 5.48. The molecule has 15 heavy (non-hydrogen) atoms. The topological polar surface area (TPSA) is 20.3 Å². The number of aryl methyl sites for hydroxylation is 1. The van der Waals surface area contributed by atoms with E-state index >= 15 is 0 Å². The lowest BCUT2D eigenvalue weighted by Crippen LogP contribution is -2.35. The highest BCUT2D eigenvalue weighted by atomic mass is 79.9. The van der Waals surface area contributed by atoms with E-state index in [9.17, 15) is 4.79 Å². The predicted molar refractivity (Wildman–Crippen MR) is 64.0 cm³/mol. The zero-order valence-electron chi connectivity index (χ0n) is 9.39. The molecular weight excluding hydrogens is 254 g/mol. The van der Waals surface area contributed by atoms with Crippen LogP contribution in [-0.2, 0) is 5.54 Å². The number of hydrogen-bond acceptors (Lipinski definition) is 1. The van der Waals surface area contributed by atoms with Crippen LogP contribution in [0.5, 0.6) is 0 Å². The van der Waals surface area contributed by atoms with Gasteiger partial charge in [0.15, 0.2) is 0 Å². The fourth-order valence-electron chi connectivity index (χ4n) is 2.33. The number of amides is 1. The third-order valence-corrected chi connectivity index (χ3v) is 3.74. The molecule has 2 nitrogen and oxygen atoms in total. The van der Waals surface area contributed by atoms with Crippen LogP contribution in [0.4, 0.5) is 0 Å². The zero-order valence-corrected chi connectivity index (χ0v) is 11.0. The van der Waals surface area contributed by atoms with Gasteiger partial charge in [0.25, 0.3) is 5.91 Å². The molecule has 1 aliphatic rings. The van der Waals surface area contributed by atoms with Gasteiger partial charge in [0.1, 0.15) is 0 Å². The lowest BCUT2D eigenvalue weighted by molar-refractivity contribution is 0.0691. The average molecular weight is 268 g/mol. The molecule has 3 heteroatoms. The summed E-state index contributed by atoms with van der Waals surface area (Å²) in [5.41, 5.74) is 2.95. The maximum atomic E-state index is 12.0. The van der Waals surface area contributed by atoms with Gasteiger partial charge >= 0.3 is 0 Å². The monoisotopic (exact) mass is 267 g/mol. The summed E-state index contributed by atoms with van der Waals surface area (Å²) in [5.74, 6) is 0.111. The van der Waals surface area contributed by atoms with Crippen molar-refractivity contribution in [2.24, 2.45) is 0 Å². The number of carbonyl (C=O) groups is 1. The first kappa shape index (κ1) is 10.7. The van der Waals surface area contributed by atoms with E-state index in [-0.39, 0.29) is 11.4 Å². The molecule has 0 unspecified atom stereocenters. The van der Waals surface area contributed by atoms with Gasteiger partial charge in [-0.2, -0.15) is 0 Å². The Morgan fingerprint density at radius 2 is 1.93 bits per heavy atom. The van der Waals surface area contributed by atoms with Crippen molar-refractivity contribution < 1.29 is 4.79 Å². The SMILES string of the molecule is Cc1cc(Br)cc2c1C(C)(C)N(C)C2=O. The van der Waals surface area contributed by atoms with Gasteiger partial charge in [0.2, 0.25) is 0 Å². The minimum Gasteiger partial charge on any atom is -0.332 e. The van der Waals surface area contributed by atoms with Crippen LogP contribution in [0.1, 0.15) is 35.3 Å². The molecule has 0 N–H and O–H groups in total. The smallest absolute Gasteiger partial charge is 0.254 e. The Bertz CT molecular complexity index is 451. The van der Waals surface area contributed by atoms with Gasteiger partial charge < -0.3 is 4.90 Å². The highest BCUT2D eigenvalue weighted by Crippen LogP contribution is 2.40. The highest BCUT2D eigenvalue weighted by molar-refractivity contribution is 9.10. The van der Waals surface area contributed by atoms with Gasteiger partial charge in [-0.25, -0.2) is 0 Å². The first-order valence-corrected chi connectivity index (χ1v) is 5.74. The molecule has 0 atom stereocenters. The van der Waals surface area contributed by atoms with E-state index in [1.165, 1.54) is 5.56 Å². The summed E-state index contributed by atoms with van der Waals surface area (Å²) in [5, 5.41) is 0. The van der Waals surface area contributed by atoms with E-state index < -0.39 is 0 Å². The predicted octanol–water partition coefficient (Wildman–Crippen LogP) is 3.08. The minimum absolute atomic E-state index is 0.111. The molecule has 0 spiro atoms. The molecule has 0 bridgehead atoms. The molecule has 1 aliphatic heterocycles. The van der Waals surface area contributed by atoms with E-state index in [1.54, 1.807) is 4.90 Å². The summed E-state index contributed by atoms with van der Waals surface area (Å²) >= 11 is 3.43. The Labute approximate surface area is 98.4 Å². The fourth-order valence-corrected chi connectivity index (χ4v) is 2.90. The Morgan fingerprint density at radius 3 is 2.53 bits per heavy atom. The van der Waals surface area contributed by atoms with Crippen LogP contribution in [-0.4, -0.2) is 17.9 Å². The molecule has 80 valence electrons. The second-order valence-electron chi connectivity index (χ2n) is 4.57. The molecule has 0 fully saturated rings. The Morgan fingerprint density at radius 1 is 1.33 bits per heavy atom. The normalized spacial score (nSPS) is 18.2. The van der Waals surface area contributed by atoms with E-state index in [0.717, 1.165) is 15.6 Å². The van der Waals surface area contributed by atoms with Crippen molar-refractivity contribution in [2.75, 3.05) is 7.05 Å². The lowest BCUT2D eigenvalue weighted by Gasteiger charge is -2.29. The molecule has 0 saturated heterocycles. The van der Waals surface area contributed by atoms with Crippen molar-refractivity contribution in [1.29, 1.82) is 0 Å². The van der Waals surface area contributed by atoms with Gasteiger partial charge in [-0.1, -0.05) is 15.9 Å². The van der Waals surface area contributed by atoms with E-state index in [0.29, 0.717) is 0 Å². The summed E-state index contributed by atoms with van der Waals surface area (Å²) in [6.07, 6.45) is 0. The number of carbonyl (C=O) groups excluding carboxylic acids is 1. The fraction of sp³-hybridized carbons (Fsp3) is 0.417. The van der Waals surface area contributed by atoms with E-state index in [4.69, 9.17) is 0 Å². The van der Waals surface area contributed by atoms with Crippen molar-refractivity contribution in [3.05, 3.63) is 33.3 Å². The third-order valence-electron chi connectivity index (χ3n) is 3.29. The quantitative estimate of drug-likeness (QED) is 0.708. The van der Waals surface area contributed by atoms with Crippen molar-refractivity contribution in [3.8, 4) is 0 Å². The molecule has 1 amide bonds. The highest BCUT2D eigenvalue weighted by Gasteiger charge is 2.41. The number of benzene rings is 1. The van der Waals surface area contributed by atoms with Gasteiger partial charge in [-0.3, -0.25) is 4.79 Å². The molecule has 0 radical (unpaired) electrons. The molecule has 1 aromatic rings. The lowest BCUT2D eigenvalue weighted by atomic mass is 9.90. The molecule has 1 heterocycles. The first-order chi connectivity index (χ1) is 6.85. The molecular formula is C12H14BrNO. The summed E-state index contributed by atoms with van der Waals surface area (Å²) in [6, 6.07) is 3.98. The van der Waals surface area contributed by atoms with Gasteiger partial charge in [0, 0.05) is 17.1 Å². The van der Waals surface area contributed by atoms with Crippen molar-refractivity contribution >= 4 is 21.8 Å². The van der Waals surface area contributed by atoms with Crippen LogP contribution in [0.15, 0.2) is 16.6 Å². The Kier molecular flexibility index (Phi) is 2.19. The number of hydrogen-bond donors (Lipinski definition) is 0. The van der Waals surface area contributed by atoms with Crippen LogP contribution >= 0.6 is 15.9 Å². The Hall–Kier alpha value is -0.830. The minimum atomic E-state index is -0.197. The van der Waals surface area contributed by atoms with Crippen LogP contribution in [0, 0.1) is 6.92 Å². The number of fused-ring (bicyclic) bond motifs is 1. The third kappa shape index (κ3) is 1.33. The molecule has 0 aliphatic carbocycles. The van der Waals surface area contributed by atoms with Crippen LogP contribution in [0.25, 0.3) is 0 Å². The number of halogens is 1. The van der Waals surface area contributed by atoms with Crippen LogP contribution < -0.4 is 0 Å². The maximum absolute atomic E-state index is 12.0. The van der Waals surface area contributed by atoms with Crippen molar-refractivity contribution in [2.45, 2.75) is 26.3 Å². The summed E-state index contributed by atoms with van der Waals surface area (Å²) in [4.78, 5) is 13.8. The first-order valence-electron chi connectivity index (χ1n) is 4.94. The molecule has 0 saturated carbocycles. The van der Waals surface area contributed by atoms with E-state index in [1.807, 2.05) is 13.1 Å². The summed E-state index contributed by atoms with van der Waals surface area (Å²) in [6.45, 7) is 6.22. The molecule has 0 aromatic heterocycles. The maximum Gasteiger partial charge on any atom is 0.254 e. The second kappa shape index (κ2) is 3.08. The van der Waals surface area contributed by atoms with E-state index in [2.05, 4.69) is 42.8 Å². The van der Waals surface area contributed by atoms with Gasteiger partial charge in [-0.15, -0.1) is 0 Å². The van der Waals surface area contributed by atoms with Gasteiger partial charge in [0.05, 0.1) is 5.54 Å². The number of nitrogens with zero attached hydrogens (tertiary/aromatic N) is 1.